The lowest BCUT2D eigenvalue weighted by molar-refractivity contribution is -0.128. The van der Waals surface area contributed by atoms with Crippen molar-refractivity contribution in [3.05, 3.63) is 30.1 Å². The summed E-state index contributed by atoms with van der Waals surface area (Å²) in [6, 6.07) is 5.78. The summed E-state index contributed by atoms with van der Waals surface area (Å²) in [5.74, 6) is -0.573. The smallest absolute Gasteiger partial charge is 0.238 e. The Balaban J connectivity index is 1.80. The van der Waals surface area contributed by atoms with Gasteiger partial charge in [-0.2, -0.15) is 0 Å². The first kappa shape index (κ1) is 13.0. The van der Waals surface area contributed by atoms with Crippen LogP contribution in [0.3, 0.4) is 0 Å². The molecule has 2 rings (SSSR count). The van der Waals surface area contributed by atoms with Gasteiger partial charge >= 0.3 is 0 Å². The van der Waals surface area contributed by atoms with E-state index in [9.17, 15) is 14.3 Å². The molecule has 1 aliphatic heterocycles. The Kier molecular flexibility index (Phi) is 3.63. The molecule has 0 unspecified atom stereocenters. The van der Waals surface area contributed by atoms with E-state index in [0.29, 0.717) is 25.2 Å². The minimum atomic E-state index is -0.640. The second-order valence-corrected chi connectivity index (χ2v) is 4.78. The zero-order chi connectivity index (χ0) is 13.2. The number of carbonyl (C=O) groups is 1. The fourth-order valence-corrected chi connectivity index (χ4v) is 2.09. The highest BCUT2D eigenvalue weighted by molar-refractivity contribution is 5.92. The van der Waals surface area contributed by atoms with Crippen LogP contribution in [0.2, 0.25) is 0 Å². The molecule has 0 saturated carbocycles. The van der Waals surface area contributed by atoms with E-state index >= 15 is 0 Å². The van der Waals surface area contributed by atoms with Gasteiger partial charge in [0.15, 0.2) is 0 Å². The quantitative estimate of drug-likeness (QED) is 0.847. The number of β-amino-alcohol motifs (C(OH)–C–C–N with tert-alkyl or cyclic N) is 1. The molecule has 1 saturated heterocycles. The minimum Gasteiger partial charge on any atom is -0.387 e. The van der Waals surface area contributed by atoms with Gasteiger partial charge in [-0.1, -0.05) is 13.0 Å². The first-order valence-corrected chi connectivity index (χ1v) is 6.01. The summed E-state index contributed by atoms with van der Waals surface area (Å²) >= 11 is 0. The molecule has 4 nitrogen and oxygen atoms in total. The molecule has 0 atom stereocenters. The normalized spacial score (nSPS) is 18.2. The number of anilines is 1. The predicted octanol–water partition coefficient (Wildman–Crippen LogP) is 1.22. The van der Waals surface area contributed by atoms with E-state index in [-0.39, 0.29) is 18.3 Å². The first-order valence-electron chi connectivity index (χ1n) is 6.01. The van der Waals surface area contributed by atoms with E-state index < -0.39 is 5.60 Å². The van der Waals surface area contributed by atoms with Crippen molar-refractivity contribution >= 4 is 11.6 Å². The Hall–Kier alpha value is -1.46. The van der Waals surface area contributed by atoms with E-state index in [4.69, 9.17) is 0 Å². The highest BCUT2D eigenvalue weighted by Gasteiger charge is 2.39. The van der Waals surface area contributed by atoms with E-state index in [0.717, 1.165) is 0 Å². The molecular formula is C13H17FN2O2. The van der Waals surface area contributed by atoms with E-state index in [2.05, 4.69) is 5.32 Å². The summed E-state index contributed by atoms with van der Waals surface area (Å²) < 4.78 is 12.9. The maximum absolute atomic E-state index is 12.9. The van der Waals surface area contributed by atoms with Gasteiger partial charge in [0.2, 0.25) is 5.91 Å². The van der Waals surface area contributed by atoms with Crippen molar-refractivity contribution in [3.8, 4) is 0 Å². The molecule has 1 fully saturated rings. The Bertz CT molecular complexity index is 444. The van der Waals surface area contributed by atoms with Crippen molar-refractivity contribution in [2.24, 2.45) is 0 Å². The van der Waals surface area contributed by atoms with Gasteiger partial charge in [-0.05, 0) is 24.6 Å². The molecular weight excluding hydrogens is 235 g/mol. The lowest BCUT2D eigenvalue weighted by Gasteiger charge is -2.45. The van der Waals surface area contributed by atoms with Crippen molar-refractivity contribution in [2.75, 3.05) is 25.0 Å². The number of hydrogen-bond acceptors (Lipinski definition) is 3. The van der Waals surface area contributed by atoms with Gasteiger partial charge in [0.05, 0.1) is 12.1 Å². The van der Waals surface area contributed by atoms with E-state index in [1.54, 1.807) is 12.1 Å². The van der Waals surface area contributed by atoms with Gasteiger partial charge in [-0.25, -0.2) is 4.39 Å². The molecule has 18 heavy (non-hydrogen) atoms. The van der Waals surface area contributed by atoms with Crippen molar-refractivity contribution in [1.29, 1.82) is 0 Å². The van der Waals surface area contributed by atoms with Crippen LogP contribution in [-0.2, 0) is 4.79 Å². The van der Waals surface area contributed by atoms with Gasteiger partial charge in [0.1, 0.15) is 5.82 Å². The largest absolute Gasteiger partial charge is 0.387 e. The highest BCUT2D eigenvalue weighted by Crippen LogP contribution is 2.23. The molecule has 1 amide bonds. The number of benzene rings is 1. The fraction of sp³-hybridized carbons (Fsp3) is 0.462. The highest BCUT2D eigenvalue weighted by atomic mass is 19.1. The average Bonchev–Trinajstić information content (AvgIpc) is 2.26. The maximum Gasteiger partial charge on any atom is 0.238 e. The van der Waals surface area contributed by atoms with Gasteiger partial charge in [-0.3, -0.25) is 9.69 Å². The maximum atomic E-state index is 12.9. The van der Waals surface area contributed by atoms with Crippen LogP contribution < -0.4 is 5.32 Å². The van der Waals surface area contributed by atoms with Crippen LogP contribution >= 0.6 is 0 Å². The average molecular weight is 252 g/mol. The van der Waals surface area contributed by atoms with Crippen molar-refractivity contribution < 1.29 is 14.3 Å². The molecule has 0 bridgehead atoms. The number of likely N-dealkylation sites (tertiary alicyclic amines) is 1. The number of amides is 1. The lowest BCUT2D eigenvalue weighted by atomic mass is 9.91. The minimum absolute atomic E-state index is 0.196. The Labute approximate surface area is 105 Å². The number of carbonyl (C=O) groups excluding carboxylic acids is 1. The van der Waals surface area contributed by atoms with Crippen molar-refractivity contribution in [3.63, 3.8) is 0 Å². The summed E-state index contributed by atoms with van der Waals surface area (Å²) in [5, 5.41) is 12.4. The molecule has 1 heterocycles. The summed E-state index contributed by atoms with van der Waals surface area (Å²) in [6.45, 7) is 3.17. The third kappa shape index (κ3) is 3.05. The fourth-order valence-electron chi connectivity index (χ4n) is 2.09. The third-order valence-electron chi connectivity index (χ3n) is 3.17. The van der Waals surface area contributed by atoms with Crippen LogP contribution in [0.5, 0.6) is 0 Å². The summed E-state index contributed by atoms with van der Waals surface area (Å²) in [4.78, 5) is 13.5. The SMILES string of the molecule is CCC1(O)CN(CC(=O)Nc2cccc(F)c2)C1. The number of aliphatic hydroxyl groups is 1. The van der Waals surface area contributed by atoms with Crippen LogP contribution in [0, 0.1) is 5.82 Å². The number of nitrogens with zero attached hydrogens (tertiary/aromatic N) is 1. The molecule has 1 aromatic carbocycles. The molecule has 2 N–H and O–H groups in total. The topological polar surface area (TPSA) is 52.6 Å². The molecule has 0 aromatic heterocycles. The third-order valence-corrected chi connectivity index (χ3v) is 3.17. The number of nitrogens with one attached hydrogen (secondary N) is 1. The van der Waals surface area contributed by atoms with Crippen LogP contribution in [0.25, 0.3) is 0 Å². The molecule has 1 aromatic rings. The standard InChI is InChI=1S/C13H17FN2O2/c1-2-13(18)8-16(9-13)7-12(17)15-11-5-3-4-10(14)6-11/h3-6,18H,2,7-9H2,1H3,(H,15,17). The molecule has 1 aliphatic rings. The second kappa shape index (κ2) is 5.04. The lowest BCUT2D eigenvalue weighted by Crippen LogP contribution is -2.62. The van der Waals surface area contributed by atoms with E-state index in [1.165, 1.54) is 12.1 Å². The number of halogens is 1. The summed E-state index contributed by atoms with van der Waals surface area (Å²) in [5.41, 5.74) is -0.189. The van der Waals surface area contributed by atoms with Crippen molar-refractivity contribution in [1.82, 2.24) is 4.90 Å². The monoisotopic (exact) mass is 252 g/mol. The Morgan fingerprint density at radius 1 is 1.56 bits per heavy atom. The van der Waals surface area contributed by atoms with Gasteiger partial charge in [-0.15, -0.1) is 0 Å². The molecule has 0 radical (unpaired) electrons. The van der Waals surface area contributed by atoms with Crippen LogP contribution in [0.1, 0.15) is 13.3 Å². The zero-order valence-electron chi connectivity index (χ0n) is 10.3. The van der Waals surface area contributed by atoms with Crippen LogP contribution in [0.15, 0.2) is 24.3 Å². The predicted molar refractivity (Wildman–Crippen MR) is 66.7 cm³/mol. The van der Waals surface area contributed by atoms with Gasteiger partial charge < -0.3 is 10.4 Å². The molecule has 98 valence electrons. The first-order chi connectivity index (χ1) is 8.50. The number of rotatable bonds is 4. The summed E-state index contributed by atoms with van der Waals surface area (Å²) in [7, 11) is 0. The Morgan fingerprint density at radius 2 is 2.28 bits per heavy atom. The van der Waals surface area contributed by atoms with Gasteiger partial charge in [0, 0.05) is 18.8 Å². The molecule has 0 spiro atoms. The zero-order valence-corrected chi connectivity index (χ0v) is 10.3. The Morgan fingerprint density at radius 3 is 2.89 bits per heavy atom. The summed E-state index contributed by atoms with van der Waals surface area (Å²) in [6.07, 6.45) is 0.689. The molecule has 5 heteroatoms. The van der Waals surface area contributed by atoms with Crippen molar-refractivity contribution in [2.45, 2.75) is 18.9 Å². The van der Waals surface area contributed by atoms with Crippen LogP contribution in [0.4, 0.5) is 10.1 Å². The number of hydrogen-bond donors (Lipinski definition) is 2. The second-order valence-electron chi connectivity index (χ2n) is 4.78. The van der Waals surface area contributed by atoms with Crippen LogP contribution in [-0.4, -0.2) is 41.1 Å². The molecule has 0 aliphatic carbocycles. The van der Waals surface area contributed by atoms with Gasteiger partial charge in [0.25, 0.3) is 0 Å². The van der Waals surface area contributed by atoms with E-state index in [1.807, 2.05) is 11.8 Å².